The highest BCUT2D eigenvalue weighted by molar-refractivity contribution is 7.80. The van der Waals surface area contributed by atoms with Crippen molar-refractivity contribution in [1.82, 2.24) is 0 Å². The molecule has 0 heterocycles. The van der Waals surface area contributed by atoms with Crippen molar-refractivity contribution in [2.75, 3.05) is 0 Å². The summed E-state index contributed by atoms with van der Waals surface area (Å²) in [5.41, 5.74) is -0.472. The van der Waals surface area contributed by atoms with E-state index in [2.05, 4.69) is 12.6 Å². The van der Waals surface area contributed by atoms with Crippen molar-refractivity contribution in [2.45, 2.75) is 12.4 Å². The normalized spacial score (nSPS) is 15.8. The molecular formula is C2H6OS. The van der Waals surface area contributed by atoms with Gasteiger partial charge in [0.25, 0.3) is 0 Å². The Balaban J connectivity index is 2.32. The number of thiol groups is 1. The molecule has 4 heavy (non-hydrogen) atoms. The van der Waals surface area contributed by atoms with Gasteiger partial charge in [-0.2, -0.15) is 0 Å². The van der Waals surface area contributed by atoms with Crippen molar-refractivity contribution in [3.05, 3.63) is 0 Å². The molecule has 0 fully saturated rings. The maximum atomic E-state index is 7.92. The first-order valence-electron chi connectivity index (χ1n) is 1.09. The number of hydrogen-bond donors (Lipinski definition) is 2. The first-order valence-corrected chi connectivity index (χ1v) is 1.61. The summed E-state index contributed by atoms with van der Waals surface area (Å²) in [6.45, 7) is 1.59. The molecule has 26 valence electrons. The van der Waals surface area contributed by atoms with Crippen molar-refractivity contribution < 1.29 is 5.11 Å². The first kappa shape index (κ1) is 4.31. The SMILES string of the molecule is C[C@H](O)S. The van der Waals surface area contributed by atoms with Crippen LogP contribution in [0, 0.1) is 0 Å². The lowest BCUT2D eigenvalue weighted by molar-refractivity contribution is 0.286. The van der Waals surface area contributed by atoms with Crippen molar-refractivity contribution in [2.24, 2.45) is 0 Å². The van der Waals surface area contributed by atoms with Gasteiger partial charge in [-0.1, -0.05) is 0 Å². The van der Waals surface area contributed by atoms with Gasteiger partial charge in [-0.05, 0) is 6.92 Å². The molecule has 0 bridgehead atoms. The summed E-state index contributed by atoms with van der Waals surface area (Å²) in [4.78, 5) is 0. The number of rotatable bonds is 0. The van der Waals surface area contributed by atoms with E-state index >= 15 is 0 Å². The van der Waals surface area contributed by atoms with E-state index in [-0.39, 0.29) is 0 Å². The Bertz CT molecular complexity index is 10.8. The fourth-order valence-corrected chi connectivity index (χ4v) is 0. The number of aliphatic hydroxyl groups excluding tert-OH is 1. The van der Waals surface area contributed by atoms with Gasteiger partial charge in [0.05, 0.1) is 5.44 Å². The van der Waals surface area contributed by atoms with Gasteiger partial charge in [0, 0.05) is 0 Å². The molecule has 0 saturated heterocycles. The quantitative estimate of drug-likeness (QED) is 0.314. The van der Waals surface area contributed by atoms with E-state index in [9.17, 15) is 0 Å². The van der Waals surface area contributed by atoms with E-state index in [1.807, 2.05) is 0 Å². The highest BCUT2D eigenvalue weighted by atomic mass is 32.1. The second-order valence-electron chi connectivity index (χ2n) is 0.632. The minimum atomic E-state index is -0.472. The van der Waals surface area contributed by atoms with Crippen molar-refractivity contribution in [1.29, 1.82) is 0 Å². The fourth-order valence-electron chi connectivity index (χ4n) is 0. The van der Waals surface area contributed by atoms with Crippen LogP contribution in [0.25, 0.3) is 0 Å². The number of hydrogen-bond acceptors (Lipinski definition) is 2. The topological polar surface area (TPSA) is 20.2 Å². The Morgan fingerprint density at radius 3 is 2.00 bits per heavy atom. The Morgan fingerprint density at radius 1 is 2.00 bits per heavy atom. The van der Waals surface area contributed by atoms with Gasteiger partial charge >= 0.3 is 0 Å². The van der Waals surface area contributed by atoms with Gasteiger partial charge < -0.3 is 5.11 Å². The van der Waals surface area contributed by atoms with E-state index in [4.69, 9.17) is 5.11 Å². The van der Waals surface area contributed by atoms with E-state index < -0.39 is 5.44 Å². The molecule has 0 aliphatic rings. The predicted octanol–water partition coefficient (Wildman–Crippen LogP) is 0.255. The molecule has 0 aromatic heterocycles. The Labute approximate surface area is 31.1 Å². The summed E-state index contributed by atoms with van der Waals surface area (Å²) in [5, 5.41) is 7.92. The van der Waals surface area contributed by atoms with Crippen LogP contribution in [-0.2, 0) is 0 Å². The highest BCUT2D eigenvalue weighted by Crippen LogP contribution is 1.78. The molecule has 0 aromatic carbocycles. The van der Waals surface area contributed by atoms with Crippen LogP contribution in [0.2, 0.25) is 0 Å². The van der Waals surface area contributed by atoms with Crippen LogP contribution in [-0.4, -0.2) is 10.5 Å². The molecule has 0 aliphatic carbocycles. The van der Waals surface area contributed by atoms with Crippen molar-refractivity contribution in [3.63, 3.8) is 0 Å². The second-order valence-corrected chi connectivity index (χ2v) is 1.38. The molecule has 1 atom stereocenters. The van der Waals surface area contributed by atoms with E-state index in [0.29, 0.717) is 0 Å². The lowest BCUT2D eigenvalue weighted by atomic mass is 10.9. The molecule has 0 spiro atoms. The molecule has 0 radical (unpaired) electrons. The summed E-state index contributed by atoms with van der Waals surface area (Å²) >= 11 is 3.52. The standard InChI is InChI=1S/C2H6OS/c1-2(3)4/h2-4H,1H3/t2-/m1/s1. The van der Waals surface area contributed by atoms with Crippen LogP contribution in [0.5, 0.6) is 0 Å². The number of aliphatic hydroxyl groups is 1. The van der Waals surface area contributed by atoms with Crippen LogP contribution in [0.15, 0.2) is 0 Å². The van der Waals surface area contributed by atoms with E-state index in [1.54, 1.807) is 6.92 Å². The summed E-state index contributed by atoms with van der Waals surface area (Å²) in [7, 11) is 0. The third kappa shape index (κ3) is 41.3. The van der Waals surface area contributed by atoms with Gasteiger partial charge in [0.2, 0.25) is 0 Å². The summed E-state index contributed by atoms with van der Waals surface area (Å²) in [6.07, 6.45) is 0. The summed E-state index contributed by atoms with van der Waals surface area (Å²) in [5.74, 6) is 0. The van der Waals surface area contributed by atoms with Gasteiger partial charge in [-0.3, -0.25) is 0 Å². The highest BCUT2D eigenvalue weighted by Gasteiger charge is 1.70. The van der Waals surface area contributed by atoms with Gasteiger partial charge in [0.15, 0.2) is 0 Å². The molecule has 0 rings (SSSR count). The molecule has 0 saturated carbocycles. The van der Waals surface area contributed by atoms with Gasteiger partial charge in [-0.25, -0.2) is 0 Å². The smallest absolute Gasteiger partial charge is 0.0936 e. The molecular weight excluding hydrogens is 72.1 g/mol. The average molecular weight is 78.1 g/mol. The average Bonchev–Trinajstić information content (AvgIpc) is 0.811. The van der Waals surface area contributed by atoms with Gasteiger partial charge in [0.1, 0.15) is 0 Å². The third-order valence-electron chi connectivity index (χ3n) is 0. The Morgan fingerprint density at radius 2 is 2.00 bits per heavy atom. The molecule has 2 heteroatoms. The lowest BCUT2D eigenvalue weighted by Gasteiger charge is -1.79. The van der Waals surface area contributed by atoms with E-state index in [1.165, 1.54) is 0 Å². The molecule has 0 unspecified atom stereocenters. The van der Waals surface area contributed by atoms with Gasteiger partial charge in [-0.15, -0.1) is 12.6 Å². The van der Waals surface area contributed by atoms with Crippen molar-refractivity contribution >= 4 is 12.6 Å². The Kier molecular flexibility index (Phi) is 1.74. The van der Waals surface area contributed by atoms with Crippen LogP contribution < -0.4 is 0 Å². The largest absolute Gasteiger partial charge is 0.383 e. The second kappa shape index (κ2) is 1.61. The van der Waals surface area contributed by atoms with E-state index in [0.717, 1.165) is 0 Å². The Hall–Kier alpha value is 0.310. The third-order valence-corrected chi connectivity index (χ3v) is 0. The minimum absolute atomic E-state index is 0.472. The first-order chi connectivity index (χ1) is 1.73. The summed E-state index contributed by atoms with van der Waals surface area (Å²) < 4.78 is 0. The minimum Gasteiger partial charge on any atom is -0.383 e. The zero-order chi connectivity index (χ0) is 3.58. The molecule has 0 aromatic rings. The zero-order valence-corrected chi connectivity index (χ0v) is 3.37. The monoisotopic (exact) mass is 78.0 g/mol. The molecule has 1 N–H and O–H groups in total. The lowest BCUT2D eigenvalue weighted by Crippen LogP contribution is -1.79. The molecule has 1 nitrogen and oxygen atoms in total. The van der Waals surface area contributed by atoms with Crippen LogP contribution in [0.1, 0.15) is 6.92 Å². The fraction of sp³-hybridized carbons (Fsp3) is 1.00. The maximum absolute atomic E-state index is 7.92. The van der Waals surface area contributed by atoms with Crippen molar-refractivity contribution in [3.8, 4) is 0 Å². The van der Waals surface area contributed by atoms with Crippen LogP contribution >= 0.6 is 12.6 Å². The summed E-state index contributed by atoms with van der Waals surface area (Å²) in [6, 6.07) is 0. The predicted molar refractivity (Wildman–Crippen MR) is 20.7 cm³/mol. The molecule has 0 aliphatic heterocycles. The molecule has 0 amide bonds. The zero-order valence-electron chi connectivity index (χ0n) is 2.47. The maximum Gasteiger partial charge on any atom is 0.0936 e. The van der Waals surface area contributed by atoms with Crippen LogP contribution in [0.3, 0.4) is 0 Å². The van der Waals surface area contributed by atoms with Crippen LogP contribution in [0.4, 0.5) is 0 Å².